The molecule has 2 unspecified atom stereocenters. The number of hydrogen-bond donors (Lipinski definition) is 0. The summed E-state index contributed by atoms with van der Waals surface area (Å²) < 4.78 is 29.0. The SMILES string of the molecule is Cn1cc(C2CS(=O)CCN2C(=O)c2ncc3c(F)cccn23)cn1. The lowest BCUT2D eigenvalue weighted by Crippen LogP contribution is -2.44. The van der Waals surface area contributed by atoms with Gasteiger partial charge in [-0.3, -0.25) is 18.1 Å². The number of imidazole rings is 1. The summed E-state index contributed by atoms with van der Waals surface area (Å²) in [6.45, 7) is 0.356. The van der Waals surface area contributed by atoms with Gasteiger partial charge < -0.3 is 4.90 Å². The molecule has 0 saturated carbocycles. The van der Waals surface area contributed by atoms with E-state index in [2.05, 4.69) is 10.1 Å². The van der Waals surface area contributed by atoms with E-state index in [1.807, 2.05) is 6.20 Å². The van der Waals surface area contributed by atoms with Gasteiger partial charge in [-0.15, -0.1) is 0 Å². The van der Waals surface area contributed by atoms with Crippen molar-refractivity contribution >= 4 is 22.2 Å². The van der Waals surface area contributed by atoms with Crippen molar-refractivity contribution in [1.29, 1.82) is 0 Å². The summed E-state index contributed by atoms with van der Waals surface area (Å²) in [4.78, 5) is 18.8. The Morgan fingerprint density at radius 2 is 2.24 bits per heavy atom. The van der Waals surface area contributed by atoms with Crippen molar-refractivity contribution in [1.82, 2.24) is 24.1 Å². The number of carbonyl (C=O) groups excluding carboxylic acids is 1. The minimum atomic E-state index is -0.994. The predicted octanol–water partition coefficient (Wildman–Crippen LogP) is 1.15. The third kappa shape index (κ3) is 2.74. The Labute approximate surface area is 145 Å². The molecule has 1 aliphatic heterocycles. The highest BCUT2D eigenvalue weighted by Crippen LogP contribution is 2.27. The molecular formula is C16H16FN5O2S. The highest BCUT2D eigenvalue weighted by Gasteiger charge is 2.34. The number of carbonyl (C=O) groups is 1. The Kier molecular flexibility index (Phi) is 3.87. The van der Waals surface area contributed by atoms with Crippen molar-refractivity contribution in [3.8, 4) is 0 Å². The zero-order valence-corrected chi connectivity index (χ0v) is 14.3. The zero-order valence-electron chi connectivity index (χ0n) is 13.5. The molecule has 3 aromatic heterocycles. The lowest BCUT2D eigenvalue weighted by Gasteiger charge is -2.34. The normalized spacial score (nSPS) is 21.0. The van der Waals surface area contributed by atoms with Gasteiger partial charge in [0, 0.05) is 53.9 Å². The molecule has 0 bridgehead atoms. The number of aromatic nitrogens is 4. The Morgan fingerprint density at radius 3 is 3.00 bits per heavy atom. The standard InChI is InChI=1S/C16H16FN5O2S/c1-20-9-11(7-19-20)14-10-25(24)6-5-22(14)16(23)15-18-8-13-12(17)3-2-4-21(13)15/h2-4,7-9,14H,5-6,10H2,1H3. The maximum Gasteiger partial charge on any atom is 0.290 e. The molecule has 0 aromatic carbocycles. The summed E-state index contributed by atoms with van der Waals surface area (Å²) in [5, 5.41) is 4.14. The highest BCUT2D eigenvalue weighted by molar-refractivity contribution is 7.85. The molecule has 7 nitrogen and oxygen atoms in total. The fourth-order valence-electron chi connectivity index (χ4n) is 3.11. The molecule has 25 heavy (non-hydrogen) atoms. The first-order valence-corrected chi connectivity index (χ1v) is 9.29. The Bertz CT molecular complexity index is 982. The lowest BCUT2D eigenvalue weighted by atomic mass is 10.1. The molecule has 2 atom stereocenters. The molecule has 1 fully saturated rings. The summed E-state index contributed by atoms with van der Waals surface area (Å²) in [6, 6.07) is 2.52. The number of amides is 1. The van der Waals surface area contributed by atoms with Crippen LogP contribution >= 0.6 is 0 Å². The summed E-state index contributed by atoms with van der Waals surface area (Å²) in [5.74, 6) is 0.180. The molecule has 1 saturated heterocycles. The van der Waals surface area contributed by atoms with Crippen molar-refractivity contribution in [2.24, 2.45) is 7.05 Å². The van der Waals surface area contributed by atoms with Crippen molar-refractivity contribution in [2.45, 2.75) is 6.04 Å². The number of nitrogens with zero attached hydrogens (tertiary/aromatic N) is 5. The van der Waals surface area contributed by atoms with Crippen LogP contribution in [0.1, 0.15) is 22.2 Å². The van der Waals surface area contributed by atoms with Crippen molar-refractivity contribution in [3.63, 3.8) is 0 Å². The van der Waals surface area contributed by atoms with E-state index >= 15 is 0 Å². The average molecular weight is 361 g/mol. The van der Waals surface area contributed by atoms with Crippen LogP contribution in [0, 0.1) is 5.82 Å². The summed E-state index contributed by atoms with van der Waals surface area (Å²) in [5.41, 5.74) is 1.08. The molecule has 9 heteroatoms. The van der Waals surface area contributed by atoms with Crippen molar-refractivity contribution in [3.05, 3.63) is 54.1 Å². The Hall–Kier alpha value is -2.55. The van der Waals surface area contributed by atoms with E-state index in [1.165, 1.54) is 22.7 Å². The van der Waals surface area contributed by atoms with Gasteiger partial charge in [0.05, 0.1) is 18.4 Å². The van der Waals surface area contributed by atoms with Crippen LogP contribution in [0.5, 0.6) is 0 Å². The Morgan fingerprint density at radius 1 is 1.40 bits per heavy atom. The largest absolute Gasteiger partial charge is 0.327 e. The number of aryl methyl sites for hydroxylation is 1. The van der Waals surface area contributed by atoms with Gasteiger partial charge in [-0.05, 0) is 12.1 Å². The van der Waals surface area contributed by atoms with Gasteiger partial charge in [0.1, 0.15) is 11.3 Å². The zero-order chi connectivity index (χ0) is 17.6. The van der Waals surface area contributed by atoms with Crippen LogP contribution in [-0.2, 0) is 17.8 Å². The first kappa shape index (κ1) is 15.9. The second kappa shape index (κ2) is 6.07. The third-order valence-corrected chi connectivity index (χ3v) is 5.69. The number of pyridine rings is 1. The van der Waals surface area contributed by atoms with Gasteiger partial charge in [0.15, 0.2) is 0 Å². The topological polar surface area (TPSA) is 72.5 Å². The minimum absolute atomic E-state index is 0.149. The average Bonchev–Trinajstić information content (AvgIpc) is 3.21. The van der Waals surface area contributed by atoms with Crippen LogP contribution < -0.4 is 0 Å². The lowest BCUT2D eigenvalue weighted by molar-refractivity contribution is 0.0686. The second-order valence-corrected chi connectivity index (χ2v) is 7.59. The van der Waals surface area contributed by atoms with E-state index in [9.17, 15) is 13.4 Å². The predicted molar refractivity (Wildman–Crippen MR) is 90.0 cm³/mol. The summed E-state index contributed by atoms with van der Waals surface area (Å²) in [6.07, 6.45) is 6.46. The fraction of sp³-hybridized carbons (Fsp3) is 0.312. The van der Waals surface area contributed by atoms with Gasteiger partial charge in [-0.25, -0.2) is 9.37 Å². The summed E-state index contributed by atoms with van der Waals surface area (Å²) >= 11 is 0. The van der Waals surface area contributed by atoms with Crippen molar-refractivity contribution in [2.75, 3.05) is 18.1 Å². The molecule has 0 spiro atoms. The molecule has 4 heterocycles. The molecule has 1 amide bonds. The third-order valence-electron chi connectivity index (χ3n) is 4.36. The molecule has 0 N–H and O–H groups in total. The number of fused-ring (bicyclic) bond motifs is 1. The molecule has 0 radical (unpaired) electrons. The van der Waals surface area contributed by atoms with Crippen LogP contribution in [-0.4, -0.2) is 52.2 Å². The van der Waals surface area contributed by atoms with Gasteiger partial charge in [-0.2, -0.15) is 5.10 Å². The number of rotatable bonds is 2. The van der Waals surface area contributed by atoms with E-state index in [-0.39, 0.29) is 23.3 Å². The van der Waals surface area contributed by atoms with Gasteiger partial charge >= 0.3 is 0 Å². The smallest absolute Gasteiger partial charge is 0.290 e. The first-order chi connectivity index (χ1) is 12.0. The molecule has 3 aromatic rings. The van der Waals surface area contributed by atoms with E-state index in [4.69, 9.17) is 0 Å². The van der Waals surface area contributed by atoms with Gasteiger partial charge in [0.2, 0.25) is 5.82 Å². The monoisotopic (exact) mass is 361 g/mol. The molecule has 4 rings (SSSR count). The van der Waals surface area contributed by atoms with E-state index < -0.39 is 16.6 Å². The van der Waals surface area contributed by atoms with E-state index in [1.54, 1.807) is 29.0 Å². The quantitative estimate of drug-likeness (QED) is 0.687. The Balaban J connectivity index is 1.73. The van der Waals surface area contributed by atoms with Gasteiger partial charge in [-0.1, -0.05) is 0 Å². The van der Waals surface area contributed by atoms with E-state index in [0.717, 1.165) is 5.56 Å². The minimum Gasteiger partial charge on any atom is -0.327 e. The van der Waals surface area contributed by atoms with Crippen LogP contribution in [0.25, 0.3) is 5.52 Å². The number of halogens is 1. The molecule has 0 aliphatic carbocycles. The maximum atomic E-state index is 13.9. The molecule has 1 aliphatic rings. The van der Waals surface area contributed by atoms with Crippen molar-refractivity contribution < 1.29 is 13.4 Å². The van der Waals surface area contributed by atoms with Crippen LogP contribution in [0.2, 0.25) is 0 Å². The second-order valence-electron chi connectivity index (χ2n) is 5.97. The molecule has 130 valence electrons. The highest BCUT2D eigenvalue weighted by atomic mass is 32.2. The van der Waals surface area contributed by atoms with Crippen LogP contribution in [0.3, 0.4) is 0 Å². The fourth-order valence-corrected chi connectivity index (χ4v) is 4.40. The molecular weight excluding hydrogens is 345 g/mol. The van der Waals surface area contributed by atoms with E-state index in [0.29, 0.717) is 18.1 Å². The summed E-state index contributed by atoms with van der Waals surface area (Å²) in [7, 11) is 0.798. The maximum absolute atomic E-state index is 13.9. The van der Waals surface area contributed by atoms with Gasteiger partial charge in [0.25, 0.3) is 5.91 Å². The van der Waals surface area contributed by atoms with Crippen LogP contribution in [0.4, 0.5) is 4.39 Å². The number of hydrogen-bond acceptors (Lipinski definition) is 4. The van der Waals surface area contributed by atoms with Crippen LogP contribution in [0.15, 0.2) is 36.9 Å². The first-order valence-electron chi connectivity index (χ1n) is 7.80.